The van der Waals surface area contributed by atoms with Gasteiger partial charge in [-0.05, 0) is 79.3 Å². The van der Waals surface area contributed by atoms with Crippen LogP contribution in [0.1, 0.15) is 70.7 Å². The number of carbonyl (C=O) groups excluding carboxylic acids is 2. The number of methoxy groups -OCH3 is 2. The van der Waals surface area contributed by atoms with E-state index < -0.39 is 11.8 Å². The fourth-order valence-electron chi connectivity index (χ4n) is 7.96. The van der Waals surface area contributed by atoms with Crippen LogP contribution in [0.3, 0.4) is 0 Å². The van der Waals surface area contributed by atoms with Crippen molar-refractivity contribution in [3.8, 4) is 23.0 Å². The summed E-state index contributed by atoms with van der Waals surface area (Å²) in [6.45, 7) is 10.2. The van der Waals surface area contributed by atoms with Crippen LogP contribution in [-0.4, -0.2) is 68.7 Å². The van der Waals surface area contributed by atoms with Crippen LogP contribution in [0.25, 0.3) is 21.8 Å². The maximum absolute atomic E-state index is 12.4. The molecule has 0 saturated carbocycles. The van der Waals surface area contributed by atoms with Crippen molar-refractivity contribution in [2.45, 2.75) is 53.6 Å². The number of carbonyl (C=O) groups is 2. The van der Waals surface area contributed by atoms with Gasteiger partial charge in [-0.25, -0.2) is 15.0 Å². The van der Waals surface area contributed by atoms with Crippen LogP contribution in [0, 0.1) is 0 Å². The highest BCUT2D eigenvalue weighted by molar-refractivity contribution is 6.09. The number of imidazole rings is 1. The number of fused-ring (bicyclic) bond motifs is 2. The Balaban J connectivity index is 0.000000203. The van der Waals surface area contributed by atoms with Crippen molar-refractivity contribution in [1.82, 2.24) is 29.5 Å². The van der Waals surface area contributed by atoms with Gasteiger partial charge in [-0.1, -0.05) is 38.1 Å². The maximum Gasteiger partial charge on any atom is 0.252 e. The average Bonchev–Trinajstić information content (AvgIpc) is 3.87. The van der Waals surface area contributed by atoms with E-state index >= 15 is 0 Å². The summed E-state index contributed by atoms with van der Waals surface area (Å²) < 4.78 is 24.5. The molecule has 17 heteroatoms. The summed E-state index contributed by atoms with van der Waals surface area (Å²) in [5.41, 5.74) is 20.7. The molecule has 0 fully saturated rings. The number of anilines is 5. The van der Waals surface area contributed by atoms with E-state index in [0.29, 0.717) is 94.0 Å². The molecule has 4 aromatic carbocycles. The molecule has 8 rings (SSSR count). The summed E-state index contributed by atoms with van der Waals surface area (Å²) in [5.74, 6) is 1.69. The summed E-state index contributed by atoms with van der Waals surface area (Å²) in [6, 6.07) is 21.1. The quantitative estimate of drug-likeness (QED) is 0.0511. The second-order valence-corrected chi connectivity index (χ2v) is 15.2. The molecule has 7 N–H and O–H groups in total. The highest BCUT2D eigenvalue weighted by Gasteiger charge is 2.21. The van der Waals surface area contributed by atoms with Crippen molar-refractivity contribution in [3.63, 3.8) is 0 Å². The summed E-state index contributed by atoms with van der Waals surface area (Å²) in [7, 11) is 3.14. The standard InChI is InChI=1S/C27H30N6O3.C24H25N5O3/c1-4-18-17(15-32-27-29-11-8-12-30-27)9-7-10-21(18)33-25-19-13-23(35-5-2)24(36-6-3)14-22(19)31-16-20(25)26(28)34;1-4-16-15(13-29-9-8-26-14-29)6-5-7-19(16)28-23-17-10-21(31-2)22(32-3)11-20(17)27-12-18(23)24(25)30/h7-14,16H,4-6,15H2,1-3H3,(H2,28,34)(H,31,33)(H,29,30,32);5-12,14H,4,13H2,1-3H3,(H2,25,30)(H,27,28). The predicted octanol–water partition coefficient (Wildman–Crippen LogP) is 8.74. The van der Waals surface area contributed by atoms with Crippen molar-refractivity contribution in [2.75, 3.05) is 43.4 Å². The fourth-order valence-corrected chi connectivity index (χ4v) is 7.96. The first-order valence-corrected chi connectivity index (χ1v) is 22.2. The van der Waals surface area contributed by atoms with E-state index in [2.05, 4.69) is 66.9 Å². The monoisotopic (exact) mass is 917 g/mol. The number of pyridine rings is 2. The van der Waals surface area contributed by atoms with Crippen molar-refractivity contribution < 1.29 is 28.5 Å². The molecule has 0 bridgehead atoms. The van der Waals surface area contributed by atoms with Gasteiger partial charge in [0, 0.05) is 84.6 Å². The van der Waals surface area contributed by atoms with Gasteiger partial charge in [0.2, 0.25) is 5.95 Å². The van der Waals surface area contributed by atoms with Gasteiger partial charge in [0.05, 0.1) is 67.3 Å². The lowest BCUT2D eigenvalue weighted by Gasteiger charge is -2.19. The zero-order valence-corrected chi connectivity index (χ0v) is 38.9. The Hall–Kier alpha value is -8.47. The molecule has 350 valence electrons. The molecule has 8 aromatic rings. The van der Waals surface area contributed by atoms with Gasteiger partial charge < -0.3 is 50.9 Å². The third-order valence-electron chi connectivity index (χ3n) is 11.1. The van der Waals surface area contributed by atoms with Crippen molar-refractivity contribution in [3.05, 3.63) is 144 Å². The number of nitrogens with one attached hydrogen (secondary N) is 3. The van der Waals surface area contributed by atoms with E-state index in [-0.39, 0.29) is 5.56 Å². The molecule has 0 aliphatic heterocycles. The van der Waals surface area contributed by atoms with E-state index in [1.165, 1.54) is 12.4 Å². The maximum atomic E-state index is 12.4. The number of nitrogens with zero attached hydrogens (tertiary/aromatic N) is 6. The molecule has 4 aromatic heterocycles. The summed E-state index contributed by atoms with van der Waals surface area (Å²) in [6.07, 6.45) is 13.4. The van der Waals surface area contributed by atoms with Crippen molar-refractivity contribution >= 4 is 62.3 Å². The van der Waals surface area contributed by atoms with E-state index in [1.54, 1.807) is 57.3 Å². The Labute approximate surface area is 394 Å². The Morgan fingerprint density at radius 2 is 1.15 bits per heavy atom. The molecule has 0 aliphatic carbocycles. The topological polar surface area (TPSA) is 229 Å². The third kappa shape index (κ3) is 10.6. The van der Waals surface area contributed by atoms with Crippen LogP contribution in [-0.2, 0) is 25.9 Å². The normalized spacial score (nSPS) is 10.8. The molecule has 2 amide bonds. The Morgan fingerprint density at radius 1 is 0.632 bits per heavy atom. The minimum absolute atomic E-state index is 0.289. The number of aromatic nitrogens is 6. The van der Waals surface area contributed by atoms with Crippen LogP contribution >= 0.6 is 0 Å². The number of amides is 2. The van der Waals surface area contributed by atoms with Gasteiger partial charge in [-0.3, -0.25) is 19.6 Å². The van der Waals surface area contributed by atoms with E-state index in [0.717, 1.165) is 46.5 Å². The second-order valence-electron chi connectivity index (χ2n) is 15.2. The average molecular weight is 918 g/mol. The first-order valence-electron chi connectivity index (χ1n) is 22.2. The summed E-state index contributed by atoms with van der Waals surface area (Å²) >= 11 is 0. The van der Waals surface area contributed by atoms with Crippen LogP contribution < -0.4 is 46.4 Å². The number of hydrogen-bond acceptors (Lipinski definition) is 14. The fraction of sp³-hybridized carbons (Fsp3) is 0.235. The first-order chi connectivity index (χ1) is 33.1. The molecule has 0 aliphatic rings. The van der Waals surface area contributed by atoms with Crippen molar-refractivity contribution in [2.24, 2.45) is 11.5 Å². The number of primary amides is 2. The van der Waals surface area contributed by atoms with E-state index in [4.69, 9.17) is 30.4 Å². The third-order valence-corrected chi connectivity index (χ3v) is 11.1. The van der Waals surface area contributed by atoms with Crippen molar-refractivity contribution in [1.29, 1.82) is 0 Å². The Bertz CT molecular complexity index is 3040. The highest BCUT2D eigenvalue weighted by atomic mass is 16.5. The molecular weight excluding hydrogens is 863 g/mol. The first kappa shape index (κ1) is 47.5. The second kappa shape index (κ2) is 22.1. The number of benzene rings is 4. The molecule has 17 nitrogen and oxygen atoms in total. The molecule has 4 heterocycles. The predicted molar refractivity (Wildman–Crippen MR) is 265 cm³/mol. The Kier molecular flexibility index (Phi) is 15.5. The van der Waals surface area contributed by atoms with Crippen LogP contribution in [0.5, 0.6) is 23.0 Å². The summed E-state index contributed by atoms with van der Waals surface area (Å²) in [5, 5.41) is 11.6. The lowest BCUT2D eigenvalue weighted by Crippen LogP contribution is -2.15. The SMILES string of the molecule is CCOc1cc2ncc(C(N)=O)c(Nc3cccc(CNc4ncccn4)c3CC)c2cc1OCC.CCc1c(Cn2ccnc2)cccc1Nc1c(C(N)=O)cnc2cc(OC)c(OC)cc12. The summed E-state index contributed by atoms with van der Waals surface area (Å²) in [4.78, 5) is 46.1. The molecule has 68 heavy (non-hydrogen) atoms. The highest BCUT2D eigenvalue weighted by Crippen LogP contribution is 2.40. The molecule has 0 saturated heterocycles. The van der Waals surface area contributed by atoms with Gasteiger partial charge in [-0.15, -0.1) is 0 Å². The number of ether oxygens (including phenoxy) is 4. The zero-order chi connectivity index (χ0) is 48.2. The zero-order valence-electron chi connectivity index (χ0n) is 38.9. The van der Waals surface area contributed by atoms with Gasteiger partial charge in [-0.2, -0.15) is 0 Å². The smallest absolute Gasteiger partial charge is 0.252 e. The van der Waals surface area contributed by atoms with Crippen LogP contribution in [0.4, 0.5) is 28.7 Å². The molecule has 0 radical (unpaired) electrons. The largest absolute Gasteiger partial charge is 0.493 e. The number of rotatable bonds is 19. The van der Waals surface area contributed by atoms with Gasteiger partial charge in [0.15, 0.2) is 23.0 Å². The minimum atomic E-state index is -0.573. The lowest BCUT2D eigenvalue weighted by atomic mass is 10.0. The van der Waals surface area contributed by atoms with Gasteiger partial charge >= 0.3 is 0 Å². The lowest BCUT2D eigenvalue weighted by molar-refractivity contribution is 0.0992. The molecular formula is C51H55N11O6. The van der Waals surface area contributed by atoms with Gasteiger partial charge in [0.1, 0.15) is 0 Å². The van der Waals surface area contributed by atoms with Crippen LogP contribution in [0.15, 0.2) is 110 Å². The molecule has 0 unspecified atom stereocenters. The number of hydrogen-bond donors (Lipinski definition) is 5. The Morgan fingerprint density at radius 3 is 1.66 bits per heavy atom. The number of nitrogens with two attached hydrogens (primary N) is 2. The van der Waals surface area contributed by atoms with Crippen LogP contribution in [0.2, 0.25) is 0 Å². The van der Waals surface area contributed by atoms with E-state index in [1.807, 2.05) is 61.0 Å². The van der Waals surface area contributed by atoms with Gasteiger partial charge in [0.25, 0.3) is 11.8 Å². The molecule has 0 atom stereocenters. The van der Waals surface area contributed by atoms with E-state index in [9.17, 15) is 9.59 Å². The minimum Gasteiger partial charge on any atom is -0.493 e. The molecule has 0 spiro atoms.